The first kappa shape index (κ1) is 59.3. The van der Waals surface area contributed by atoms with Crippen molar-refractivity contribution in [1.82, 2.24) is 0 Å². The van der Waals surface area contributed by atoms with E-state index in [1.165, 1.54) is 0 Å². The van der Waals surface area contributed by atoms with Gasteiger partial charge >= 0.3 is 80.1 Å². The van der Waals surface area contributed by atoms with Crippen LogP contribution in [0.3, 0.4) is 0 Å². The smallest absolute Gasteiger partial charge is 0.377 e. The zero-order chi connectivity index (χ0) is 48.8. The van der Waals surface area contributed by atoms with E-state index in [9.17, 15) is 92.2 Å². The molecule has 0 aliphatic heterocycles. The highest BCUT2D eigenvalue weighted by molar-refractivity contribution is 6.62. The van der Waals surface area contributed by atoms with Crippen LogP contribution in [-0.2, 0) is 13.3 Å². The van der Waals surface area contributed by atoms with E-state index in [2.05, 4.69) is 13.3 Å². The largest absolute Gasteiger partial charge is 0.509 e. The van der Waals surface area contributed by atoms with Gasteiger partial charge in [0.05, 0.1) is 5.54 Å². The lowest BCUT2D eigenvalue weighted by Crippen LogP contribution is -2.78. The molecular weight excluding hydrogens is 935 g/mol. The first-order valence-corrected chi connectivity index (χ1v) is 19.8. The number of hydrogen-bond donors (Lipinski definition) is 0. The average Bonchev–Trinajstić information content (AvgIpc) is 3.13. The van der Waals surface area contributed by atoms with Crippen molar-refractivity contribution in [2.45, 2.75) is 180 Å². The van der Waals surface area contributed by atoms with Gasteiger partial charge in [-0.2, -0.15) is 110 Å². The van der Waals surface area contributed by atoms with Gasteiger partial charge in [0.25, 0.3) is 0 Å². The number of rotatable bonds is 30. The standard InChI is InChI=1S/C32H43F25O3Si/c1-5-6-7-8-9-10-11-12-13-14-15-16-17-18-19-20(61(58-2,59-3)60-4)21(33,34)22(35,36)23(37,38)24(39,40)25(41,42)26(43,44)27(45,46)28(47,48)29(49,50)30(51,52)31(53,54)32(55,56)57/h20H,5-19H2,1-4H3. The van der Waals surface area contributed by atoms with E-state index >= 15 is 17.6 Å². The fraction of sp³-hybridized carbons (Fsp3) is 1.00. The normalized spacial score (nSPS) is 16.1. The van der Waals surface area contributed by atoms with Gasteiger partial charge in [-0.3, -0.25) is 0 Å². The van der Waals surface area contributed by atoms with Gasteiger partial charge < -0.3 is 13.3 Å². The molecule has 0 rings (SSSR count). The van der Waals surface area contributed by atoms with Gasteiger partial charge in [0.15, 0.2) is 0 Å². The molecule has 0 radical (unpaired) electrons. The van der Waals surface area contributed by atoms with Gasteiger partial charge in [-0.25, -0.2) is 0 Å². The molecule has 0 heterocycles. The van der Waals surface area contributed by atoms with Crippen LogP contribution in [0.1, 0.15) is 103 Å². The molecule has 0 aliphatic carbocycles. The van der Waals surface area contributed by atoms with Crippen molar-refractivity contribution in [2.24, 2.45) is 0 Å². The first-order chi connectivity index (χ1) is 27.1. The Morgan fingerprint density at radius 1 is 0.311 bits per heavy atom. The van der Waals surface area contributed by atoms with E-state index in [0.29, 0.717) is 40.6 Å². The molecule has 0 amide bonds. The molecule has 368 valence electrons. The molecule has 0 saturated heterocycles. The minimum absolute atomic E-state index is 0.0976. The molecule has 29 heteroatoms. The van der Waals surface area contributed by atoms with Crippen LogP contribution in [0.2, 0.25) is 5.54 Å². The van der Waals surface area contributed by atoms with Crippen molar-refractivity contribution in [3.63, 3.8) is 0 Å². The Kier molecular flexibility index (Phi) is 19.7. The summed E-state index contributed by atoms with van der Waals surface area (Å²) in [6.07, 6.45) is -1.30. The molecule has 3 nitrogen and oxygen atoms in total. The molecule has 61 heavy (non-hydrogen) atoms. The summed E-state index contributed by atoms with van der Waals surface area (Å²) in [5.74, 6) is -99.2. The lowest BCUT2D eigenvalue weighted by molar-refractivity contribution is -0.482. The van der Waals surface area contributed by atoms with Crippen LogP contribution in [0.4, 0.5) is 110 Å². The van der Waals surface area contributed by atoms with E-state index in [1.54, 1.807) is 0 Å². The van der Waals surface area contributed by atoms with Crippen LogP contribution >= 0.6 is 0 Å². The van der Waals surface area contributed by atoms with Crippen molar-refractivity contribution in [3.05, 3.63) is 0 Å². The maximum Gasteiger partial charge on any atom is 0.509 e. The van der Waals surface area contributed by atoms with Gasteiger partial charge in [-0.05, 0) is 6.42 Å². The van der Waals surface area contributed by atoms with Crippen molar-refractivity contribution in [1.29, 1.82) is 0 Å². The van der Waals surface area contributed by atoms with Gasteiger partial charge in [0, 0.05) is 21.3 Å². The molecule has 0 N–H and O–H groups in total. The molecule has 1 atom stereocenters. The predicted molar refractivity (Wildman–Crippen MR) is 166 cm³/mol. The van der Waals surface area contributed by atoms with Gasteiger partial charge in [-0.1, -0.05) is 96.8 Å². The lowest BCUT2D eigenvalue weighted by atomic mass is 9.84. The van der Waals surface area contributed by atoms with Crippen molar-refractivity contribution < 1.29 is 123 Å². The van der Waals surface area contributed by atoms with Crippen LogP contribution < -0.4 is 0 Å². The Hall–Kier alpha value is -1.65. The lowest BCUT2D eigenvalue weighted by Gasteiger charge is -2.47. The van der Waals surface area contributed by atoms with E-state index in [-0.39, 0.29) is 12.8 Å². The monoisotopic (exact) mass is 978 g/mol. The first-order valence-electron chi connectivity index (χ1n) is 18.0. The highest BCUT2D eigenvalue weighted by atomic mass is 28.4. The maximum atomic E-state index is 15.6. The Morgan fingerprint density at radius 2 is 0.525 bits per heavy atom. The molecule has 0 aromatic rings. The third-order valence-corrected chi connectivity index (χ3v) is 13.1. The number of alkyl halides is 25. The maximum absolute atomic E-state index is 15.6. The summed E-state index contributed by atoms with van der Waals surface area (Å²) < 4.78 is 365. The fourth-order valence-electron chi connectivity index (χ4n) is 5.98. The van der Waals surface area contributed by atoms with E-state index < -0.39 is 98.5 Å². The van der Waals surface area contributed by atoms with Crippen LogP contribution in [0.5, 0.6) is 0 Å². The number of hydrogen-bond acceptors (Lipinski definition) is 3. The van der Waals surface area contributed by atoms with E-state index in [1.807, 2.05) is 6.92 Å². The van der Waals surface area contributed by atoms with Gasteiger partial charge in [0.1, 0.15) is 0 Å². The SMILES string of the molecule is CCCCCCCCCCCCCCCCC(C(F)(F)C(F)(F)C(F)(F)C(F)(F)C(F)(F)C(F)(F)C(F)(F)C(F)(F)C(F)(F)C(F)(F)C(F)(F)C(F)(F)F)[Si](OC)(OC)OC. The topological polar surface area (TPSA) is 27.7 Å². The summed E-state index contributed by atoms with van der Waals surface area (Å²) >= 11 is 0. The molecule has 0 fully saturated rings. The second-order valence-corrected chi connectivity index (χ2v) is 17.1. The quantitative estimate of drug-likeness (QED) is 0.0408. The van der Waals surface area contributed by atoms with Crippen molar-refractivity contribution >= 4 is 8.80 Å². The summed E-state index contributed by atoms with van der Waals surface area (Å²) in [4.78, 5) is 0. The van der Waals surface area contributed by atoms with Crippen molar-refractivity contribution in [3.8, 4) is 0 Å². The highest BCUT2D eigenvalue weighted by Crippen LogP contribution is 2.68. The summed E-state index contributed by atoms with van der Waals surface area (Å²) in [6, 6.07) is 0. The molecule has 0 saturated carbocycles. The molecule has 0 spiro atoms. The third-order valence-electron chi connectivity index (χ3n) is 9.89. The van der Waals surface area contributed by atoms with Crippen LogP contribution in [0.15, 0.2) is 0 Å². The molecule has 0 aromatic heterocycles. The van der Waals surface area contributed by atoms with E-state index in [0.717, 1.165) is 51.4 Å². The third kappa shape index (κ3) is 10.3. The summed E-state index contributed by atoms with van der Waals surface area (Å²) in [5, 5.41) is 0. The Morgan fingerprint density at radius 3 is 0.754 bits per heavy atom. The average molecular weight is 979 g/mol. The minimum atomic E-state index is -9.64. The van der Waals surface area contributed by atoms with Crippen LogP contribution in [-0.4, -0.2) is 101 Å². The van der Waals surface area contributed by atoms with Crippen LogP contribution in [0, 0.1) is 0 Å². The molecule has 0 bridgehead atoms. The molecular formula is C32H43F25O3Si. The fourth-order valence-corrected chi connectivity index (χ4v) is 8.52. The summed E-state index contributed by atoms with van der Waals surface area (Å²) in [7, 11) is -4.74. The molecule has 0 aromatic carbocycles. The summed E-state index contributed by atoms with van der Waals surface area (Å²) in [6.45, 7) is 2.04. The Bertz CT molecular complexity index is 1330. The zero-order valence-electron chi connectivity index (χ0n) is 32.4. The van der Waals surface area contributed by atoms with E-state index in [4.69, 9.17) is 0 Å². The minimum Gasteiger partial charge on any atom is -0.377 e. The van der Waals surface area contributed by atoms with Gasteiger partial charge in [0.2, 0.25) is 0 Å². The Balaban J connectivity index is 6.79. The molecule has 1 unspecified atom stereocenters. The highest BCUT2D eigenvalue weighted by Gasteiger charge is 3.00. The second kappa shape index (κ2) is 20.2. The Labute approximate surface area is 333 Å². The van der Waals surface area contributed by atoms with Gasteiger partial charge in [-0.15, -0.1) is 0 Å². The van der Waals surface area contributed by atoms with Crippen LogP contribution in [0.25, 0.3) is 0 Å². The summed E-state index contributed by atoms with van der Waals surface area (Å²) in [5.41, 5.74) is -3.79. The number of halogens is 25. The van der Waals surface area contributed by atoms with Crippen molar-refractivity contribution in [2.75, 3.05) is 21.3 Å². The molecule has 0 aliphatic rings. The second-order valence-electron chi connectivity index (χ2n) is 14.0. The zero-order valence-corrected chi connectivity index (χ0v) is 33.4. The number of unbranched alkanes of at least 4 members (excludes halogenated alkanes) is 13. The predicted octanol–water partition coefficient (Wildman–Crippen LogP) is 14.7.